The smallest absolute Gasteiger partial charge is 0.324 e. The molecule has 0 spiro atoms. The van der Waals surface area contributed by atoms with Crippen molar-refractivity contribution >= 4 is 22.8 Å². The first-order valence-corrected chi connectivity index (χ1v) is 4.80. The molecule has 0 saturated carbocycles. The Morgan fingerprint density at radius 1 is 1.33 bits per heavy atom. The van der Waals surface area contributed by atoms with Crippen LogP contribution in [-0.2, 0) is 20.0 Å². The van der Waals surface area contributed by atoms with Gasteiger partial charge in [0.2, 0.25) is 0 Å². The number of rotatable bonds is 1. The van der Waals surface area contributed by atoms with Gasteiger partial charge in [0.25, 0.3) is 5.56 Å². The van der Waals surface area contributed by atoms with Crippen LogP contribution < -0.4 is 11.2 Å². The maximum Gasteiger partial charge on any atom is 0.329 e. The quantitative estimate of drug-likeness (QED) is 0.681. The highest BCUT2D eigenvalue weighted by Gasteiger charge is 2.13. The second-order valence-electron chi connectivity index (χ2n) is 3.21. The lowest BCUT2D eigenvalue weighted by Gasteiger charge is -1.98. The van der Waals surface area contributed by atoms with E-state index in [0.29, 0.717) is 17.0 Å². The zero-order valence-corrected chi connectivity index (χ0v) is 9.00. The number of nitrogens with zero attached hydrogens (tertiary/aromatic N) is 3. The number of aromatic amines is 1. The Kier molecular flexibility index (Phi) is 2.15. The second-order valence-corrected chi connectivity index (χ2v) is 3.48. The molecule has 2 aromatic heterocycles. The molecular formula is C8H9ClN4O2. The molecule has 0 fully saturated rings. The topological polar surface area (TPSA) is 72.7 Å². The van der Waals surface area contributed by atoms with Crippen LogP contribution in [0.1, 0.15) is 5.82 Å². The average molecular weight is 229 g/mol. The van der Waals surface area contributed by atoms with Crippen molar-refractivity contribution in [2.75, 3.05) is 0 Å². The third kappa shape index (κ3) is 1.29. The van der Waals surface area contributed by atoms with Crippen molar-refractivity contribution in [3.8, 4) is 0 Å². The van der Waals surface area contributed by atoms with Gasteiger partial charge in [0.05, 0.1) is 5.88 Å². The molecule has 0 radical (unpaired) electrons. The first-order chi connectivity index (χ1) is 7.06. The lowest BCUT2D eigenvalue weighted by atomic mass is 10.5. The van der Waals surface area contributed by atoms with Crippen molar-refractivity contribution in [1.82, 2.24) is 19.1 Å². The van der Waals surface area contributed by atoms with E-state index in [0.717, 1.165) is 0 Å². The Hall–Kier alpha value is -1.56. The molecule has 7 heteroatoms. The molecular weight excluding hydrogens is 220 g/mol. The van der Waals surface area contributed by atoms with Gasteiger partial charge in [-0.3, -0.25) is 14.3 Å². The molecule has 80 valence electrons. The summed E-state index contributed by atoms with van der Waals surface area (Å²) in [6.45, 7) is 0. The van der Waals surface area contributed by atoms with Crippen LogP contribution in [0.5, 0.6) is 0 Å². The number of alkyl halides is 1. The maximum atomic E-state index is 11.5. The number of halogens is 1. The van der Waals surface area contributed by atoms with Crippen LogP contribution in [0.3, 0.4) is 0 Å². The van der Waals surface area contributed by atoms with Gasteiger partial charge in [0, 0.05) is 14.1 Å². The molecule has 2 aromatic rings. The van der Waals surface area contributed by atoms with Crippen molar-refractivity contribution in [3.63, 3.8) is 0 Å². The number of fused-ring (bicyclic) bond motifs is 1. The Morgan fingerprint density at radius 3 is 2.60 bits per heavy atom. The van der Waals surface area contributed by atoms with Gasteiger partial charge in [-0.1, -0.05) is 0 Å². The van der Waals surface area contributed by atoms with Crippen molar-refractivity contribution in [2.24, 2.45) is 14.1 Å². The fourth-order valence-corrected chi connectivity index (χ4v) is 1.71. The number of H-pyrrole nitrogens is 1. The standard InChI is InChI=1S/C8H9ClN4O2/c1-12-4(3-9)10-6-5(12)7(14)11-8(15)13(6)2/h3H2,1-2H3,(H,11,14,15). The first-order valence-electron chi connectivity index (χ1n) is 4.27. The molecule has 0 aliphatic heterocycles. The van der Waals surface area contributed by atoms with Crippen LogP contribution in [-0.4, -0.2) is 19.1 Å². The van der Waals surface area contributed by atoms with E-state index in [2.05, 4.69) is 9.97 Å². The largest absolute Gasteiger partial charge is 0.329 e. The Balaban J connectivity index is 3.07. The predicted molar refractivity (Wildman–Crippen MR) is 56.1 cm³/mol. The van der Waals surface area contributed by atoms with Crippen LogP contribution in [0.25, 0.3) is 11.2 Å². The Morgan fingerprint density at radius 2 is 2.00 bits per heavy atom. The molecule has 0 unspecified atom stereocenters. The van der Waals surface area contributed by atoms with Gasteiger partial charge in [-0.05, 0) is 0 Å². The molecule has 2 rings (SSSR count). The van der Waals surface area contributed by atoms with Crippen LogP contribution in [0.15, 0.2) is 9.59 Å². The Bertz CT molecular complexity index is 636. The number of aryl methyl sites for hydroxylation is 2. The molecule has 1 N–H and O–H groups in total. The van der Waals surface area contributed by atoms with E-state index < -0.39 is 11.2 Å². The number of hydrogen-bond donors (Lipinski definition) is 1. The zero-order chi connectivity index (χ0) is 11.2. The van der Waals surface area contributed by atoms with Crippen molar-refractivity contribution in [3.05, 3.63) is 26.7 Å². The highest BCUT2D eigenvalue weighted by molar-refractivity contribution is 6.16. The molecule has 0 aliphatic carbocycles. The minimum absolute atomic E-state index is 0.193. The van der Waals surface area contributed by atoms with E-state index >= 15 is 0 Å². The summed E-state index contributed by atoms with van der Waals surface area (Å²) in [6.07, 6.45) is 0. The number of aromatic nitrogens is 4. The normalized spacial score (nSPS) is 11.1. The van der Waals surface area contributed by atoms with Crippen LogP contribution in [0, 0.1) is 0 Å². The summed E-state index contributed by atoms with van der Waals surface area (Å²) in [5, 5.41) is 0. The van der Waals surface area contributed by atoms with Gasteiger partial charge in [-0.2, -0.15) is 0 Å². The third-order valence-electron chi connectivity index (χ3n) is 2.35. The van der Waals surface area contributed by atoms with E-state index in [-0.39, 0.29) is 5.88 Å². The van der Waals surface area contributed by atoms with Gasteiger partial charge in [0.1, 0.15) is 5.82 Å². The first kappa shape index (κ1) is 9.97. The summed E-state index contributed by atoms with van der Waals surface area (Å²) in [4.78, 5) is 29.2. The molecule has 0 bridgehead atoms. The molecule has 6 nitrogen and oxygen atoms in total. The second kappa shape index (κ2) is 3.23. The SMILES string of the molecule is Cn1c(CCl)nc2c1c(=O)[nH]c(=O)n2C. The molecule has 0 saturated heterocycles. The van der Waals surface area contributed by atoms with Gasteiger partial charge in [-0.25, -0.2) is 9.78 Å². The van der Waals surface area contributed by atoms with E-state index in [9.17, 15) is 9.59 Å². The van der Waals surface area contributed by atoms with Crippen LogP contribution in [0.4, 0.5) is 0 Å². The lowest BCUT2D eigenvalue weighted by molar-refractivity contribution is 0.829. The van der Waals surface area contributed by atoms with Gasteiger partial charge < -0.3 is 4.57 Å². The van der Waals surface area contributed by atoms with E-state index in [4.69, 9.17) is 11.6 Å². The average Bonchev–Trinajstić information content (AvgIpc) is 2.53. The summed E-state index contributed by atoms with van der Waals surface area (Å²) in [6, 6.07) is 0. The fourth-order valence-electron chi connectivity index (χ4n) is 1.47. The molecule has 0 amide bonds. The summed E-state index contributed by atoms with van der Waals surface area (Å²) in [5.74, 6) is 0.747. The maximum absolute atomic E-state index is 11.5. The molecule has 0 aliphatic rings. The van der Waals surface area contributed by atoms with E-state index in [1.807, 2.05) is 0 Å². The van der Waals surface area contributed by atoms with Crippen LogP contribution >= 0.6 is 11.6 Å². The summed E-state index contributed by atoms with van der Waals surface area (Å²) in [7, 11) is 3.23. The minimum atomic E-state index is -0.480. The number of imidazole rings is 1. The van der Waals surface area contributed by atoms with E-state index in [1.54, 1.807) is 18.7 Å². The van der Waals surface area contributed by atoms with Crippen molar-refractivity contribution in [1.29, 1.82) is 0 Å². The van der Waals surface area contributed by atoms with Gasteiger partial charge in [0.15, 0.2) is 11.2 Å². The molecule has 0 aromatic carbocycles. The fraction of sp³-hybridized carbons (Fsp3) is 0.375. The Labute approximate surface area is 89.1 Å². The number of nitrogens with one attached hydrogen (secondary N) is 1. The monoisotopic (exact) mass is 228 g/mol. The van der Waals surface area contributed by atoms with Gasteiger partial charge >= 0.3 is 5.69 Å². The minimum Gasteiger partial charge on any atom is -0.324 e. The summed E-state index contributed by atoms with van der Waals surface area (Å²) < 4.78 is 2.87. The lowest BCUT2D eigenvalue weighted by Crippen LogP contribution is -2.29. The van der Waals surface area contributed by atoms with Gasteiger partial charge in [-0.15, -0.1) is 11.6 Å². The number of hydrogen-bond acceptors (Lipinski definition) is 3. The van der Waals surface area contributed by atoms with Crippen molar-refractivity contribution < 1.29 is 0 Å². The zero-order valence-electron chi connectivity index (χ0n) is 8.24. The summed E-state index contributed by atoms with van der Waals surface area (Å²) in [5.41, 5.74) is -0.221. The summed E-state index contributed by atoms with van der Waals surface area (Å²) >= 11 is 5.67. The molecule has 15 heavy (non-hydrogen) atoms. The molecule has 2 heterocycles. The molecule has 0 atom stereocenters. The van der Waals surface area contributed by atoms with Crippen molar-refractivity contribution in [2.45, 2.75) is 5.88 Å². The third-order valence-corrected chi connectivity index (χ3v) is 2.59. The highest BCUT2D eigenvalue weighted by atomic mass is 35.5. The highest BCUT2D eigenvalue weighted by Crippen LogP contribution is 2.09. The van der Waals surface area contributed by atoms with Crippen LogP contribution in [0.2, 0.25) is 0 Å². The predicted octanol–water partition coefficient (Wildman–Crippen LogP) is -0.301. The van der Waals surface area contributed by atoms with E-state index in [1.165, 1.54) is 4.57 Å².